The van der Waals surface area contributed by atoms with Crippen LogP contribution in [0, 0.1) is 0 Å². The standard InChI is InChI=1S/C12H10N2O3S2/c1-17-11(16)9-6-13-12(19-9)14-10(15)3-2-8-4-5-18-7-8/h2-7H,1H3,(H,13,14,15). The molecule has 7 heteroatoms. The first kappa shape index (κ1) is 13.4. The number of hydrogen-bond acceptors (Lipinski definition) is 6. The molecule has 0 aliphatic carbocycles. The number of thiophene rings is 1. The molecule has 98 valence electrons. The molecule has 2 heterocycles. The molecule has 2 aromatic heterocycles. The Morgan fingerprint density at radius 2 is 2.32 bits per heavy atom. The lowest BCUT2D eigenvalue weighted by molar-refractivity contribution is -0.111. The van der Waals surface area contributed by atoms with Gasteiger partial charge in [0.1, 0.15) is 4.88 Å². The van der Waals surface area contributed by atoms with E-state index in [0.29, 0.717) is 10.0 Å². The molecule has 1 N–H and O–H groups in total. The number of rotatable bonds is 4. The number of nitrogens with one attached hydrogen (secondary N) is 1. The van der Waals surface area contributed by atoms with Gasteiger partial charge in [-0.05, 0) is 28.5 Å². The Kier molecular flexibility index (Phi) is 4.43. The number of ether oxygens (including phenoxy) is 1. The number of hydrogen-bond donors (Lipinski definition) is 1. The molecule has 2 aromatic rings. The van der Waals surface area contributed by atoms with Gasteiger partial charge in [0.05, 0.1) is 13.3 Å². The SMILES string of the molecule is COC(=O)c1cnc(NC(=O)C=Cc2ccsc2)s1. The number of methoxy groups -OCH3 is 1. The molecule has 0 radical (unpaired) electrons. The van der Waals surface area contributed by atoms with E-state index in [1.54, 1.807) is 17.4 Å². The van der Waals surface area contributed by atoms with Gasteiger partial charge in [-0.25, -0.2) is 9.78 Å². The first-order valence-electron chi connectivity index (χ1n) is 5.24. The van der Waals surface area contributed by atoms with Crippen molar-refractivity contribution in [3.63, 3.8) is 0 Å². The van der Waals surface area contributed by atoms with Crippen molar-refractivity contribution in [2.45, 2.75) is 0 Å². The van der Waals surface area contributed by atoms with Gasteiger partial charge in [0.15, 0.2) is 5.13 Å². The smallest absolute Gasteiger partial charge is 0.349 e. The van der Waals surface area contributed by atoms with Crippen molar-refractivity contribution in [3.8, 4) is 0 Å². The molecular formula is C12H10N2O3S2. The molecule has 5 nitrogen and oxygen atoms in total. The molecule has 0 saturated carbocycles. The molecule has 0 unspecified atom stereocenters. The topological polar surface area (TPSA) is 68.3 Å². The normalized spacial score (nSPS) is 10.6. The van der Waals surface area contributed by atoms with Gasteiger partial charge in [-0.1, -0.05) is 11.3 Å². The van der Waals surface area contributed by atoms with Crippen LogP contribution in [-0.4, -0.2) is 24.0 Å². The summed E-state index contributed by atoms with van der Waals surface area (Å²) in [5.41, 5.74) is 0.967. The maximum Gasteiger partial charge on any atom is 0.349 e. The monoisotopic (exact) mass is 294 g/mol. The van der Waals surface area contributed by atoms with Crippen LogP contribution in [0.2, 0.25) is 0 Å². The number of nitrogens with zero attached hydrogens (tertiary/aromatic N) is 1. The lowest BCUT2D eigenvalue weighted by Crippen LogP contribution is -2.07. The maximum absolute atomic E-state index is 11.6. The van der Waals surface area contributed by atoms with Gasteiger partial charge in [0.2, 0.25) is 5.91 Å². The number of esters is 1. The fraction of sp³-hybridized carbons (Fsp3) is 0.0833. The third-order valence-electron chi connectivity index (χ3n) is 2.09. The zero-order chi connectivity index (χ0) is 13.7. The zero-order valence-electron chi connectivity index (χ0n) is 9.95. The average molecular weight is 294 g/mol. The molecule has 2 rings (SSSR count). The van der Waals surface area contributed by atoms with Crippen LogP contribution in [0.5, 0.6) is 0 Å². The minimum Gasteiger partial charge on any atom is -0.465 e. The van der Waals surface area contributed by atoms with E-state index in [-0.39, 0.29) is 5.91 Å². The number of carbonyl (C=O) groups is 2. The second-order valence-electron chi connectivity index (χ2n) is 3.40. The second kappa shape index (κ2) is 6.26. The van der Waals surface area contributed by atoms with Gasteiger partial charge >= 0.3 is 5.97 Å². The maximum atomic E-state index is 11.6. The molecule has 19 heavy (non-hydrogen) atoms. The molecule has 0 aliphatic heterocycles. The molecule has 1 amide bonds. The van der Waals surface area contributed by atoms with E-state index < -0.39 is 5.97 Å². The summed E-state index contributed by atoms with van der Waals surface area (Å²) in [7, 11) is 1.30. The second-order valence-corrected chi connectivity index (χ2v) is 5.21. The van der Waals surface area contributed by atoms with E-state index in [9.17, 15) is 9.59 Å². The summed E-state index contributed by atoms with van der Waals surface area (Å²) in [6.07, 6.45) is 4.50. The molecular weight excluding hydrogens is 284 g/mol. The van der Waals surface area contributed by atoms with E-state index in [0.717, 1.165) is 16.9 Å². The number of carbonyl (C=O) groups excluding carboxylic acids is 2. The summed E-state index contributed by atoms with van der Waals surface area (Å²) in [6, 6.07) is 1.91. The predicted octanol–water partition coefficient (Wildman–Crippen LogP) is 2.64. The highest BCUT2D eigenvalue weighted by Crippen LogP contribution is 2.18. The van der Waals surface area contributed by atoms with Crippen LogP contribution in [0.4, 0.5) is 5.13 Å². The zero-order valence-corrected chi connectivity index (χ0v) is 11.6. The molecule has 0 saturated heterocycles. The van der Waals surface area contributed by atoms with E-state index >= 15 is 0 Å². The largest absolute Gasteiger partial charge is 0.465 e. The van der Waals surface area contributed by atoms with Crippen molar-refractivity contribution < 1.29 is 14.3 Å². The number of amides is 1. The number of thiazole rings is 1. The van der Waals surface area contributed by atoms with Crippen molar-refractivity contribution in [3.05, 3.63) is 39.5 Å². The van der Waals surface area contributed by atoms with Gasteiger partial charge in [-0.2, -0.15) is 11.3 Å². The van der Waals surface area contributed by atoms with Gasteiger partial charge in [0, 0.05) is 6.08 Å². The van der Waals surface area contributed by atoms with Crippen LogP contribution >= 0.6 is 22.7 Å². The van der Waals surface area contributed by atoms with Crippen molar-refractivity contribution in [2.75, 3.05) is 12.4 Å². The van der Waals surface area contributed by atoms with Crippen LogP contribution < -0.4 is 5.32 Å². The summed E-state index contributed by atoms with van der Waals surface area (Å²) < 4.78 is 4.56. The lowest BCUT2D eigenvalue weighted by Gasteiger charge is -1.95. The van der Waals surface area contributed by atoms with E-state index in [1.165, 1.54) is 19.4 Å². The fourth-order valence-electron chi connectivity index (χ4n) is 1.22. The van der Waals surface area contributed by atoms with Crippen molar-refractivity contribution in [1.82, 2.24) is 4.98 Å². The molecule has 0 atom stereocenters. The third-order valence-corrected chi connectivity index (χ3v) is 3.69. The summed E-state index contributed by atoms with van der Waals surface area (Å²) >= 11 is 2.63. The van der Waals surface area contributed by atoms with Crippen LogP contribution in [0.1, 0.15) is 15.2 Å². The minimum absolute atomic E-state index is 0.294. The van der Waals surface area contributed by atoms with Gasteiger partial charge in [0.25, 0.3) is 0 Å². The highest BCUT2D eigenvalue weighted by Gasteiger charge is 2.11. The summed E-state index contributed by atoms with van der Waals surface area (Å²) in [5.74, 6) is -0.760. The Hall–Kier alpha value is -1.99. The third kappa shape index (κ3) is 3.73. The van der Waals surface area contributed by atoms with E-state index in [2.05, 4.69) is 15.0 Å². The molecule has 0 aliphatic rings. The first-order valence-corrected chi connectivity index (χ1v) is 7.00. The first-order chi connectivity index (χ1) is 9.19. The summed E-state index contributed by atoms with van der Waals surface area (Å²) in [6.45, 7) is 0. The molecule has 0 spiro atoms. The van der Waals surface area contributed by atoms with Crippen LogP contribution in [0.25, 0.3) is 6.08 Å². The van der Waals surface area contributed by atoms with Crippen molar-refractivity contribution >= 4 is 45.8 Å². The van der Waals surface area contributed by atoms with Crippen molar-refractivity contribution in [2.24, 2.45) is 0 Å². The van der Waals surface area contributed by atoms with Gasteiger partial charge in [-0.15, -0.1) is 0 Å². The summed E-state index contributed by atoms with van der Waals surface area (Å²) in [4.78, 5) is 27.1. The molecule has 0 bridgehead atoms. The van der Waals surface area contributed by atoms with Crippen LogP contribution in [0.3, 0.4) is 0 Å². The summed E-state index contributed by atoms with van der Waals surface area (Å²) in [5, 5.41) is 6.81. The molecule has 0 aromatic carbocycles. The van der Waals surface area contributed by atoms with Crippen molar-refractivity contribution in [1.29, 1.82) is 0 Å². The molecule has 0 fully saturated rings. The van der Waals surface area contributed by atoms with E-state index in [4.69, 9.17) is 0 Å². The van der Waals surface area contributed by atoms with Crippen LogP contribution in [0.15, 0.2) is 29.1 Å². The Labute approximate surface area is 117 Å². The highest BCUT2D eigenvalue weighted by molar-refractivity contribution is 7.17. The highest BCUT2D eigenvalue weighted by atomic mass is 32.1. The minimum atomic E-state index is -0.466. The number of anilines is 1. The lowest BCUT2D eigenvalue weighted by atomic mass is 10.3. The fourth-order valence-corrected chi connectivity index (χ4v) is 2.58. The van der Waals surface area contributed by atoms with Gasteiger partial charge < -0.3 is 4.74 Å². The Morgan fingerprint density at radius 1 is 1.47 bits per heavy atom. The quantitative estimate of drug-likeness (QED) is 0.695. The van der Waals surface area contributed by atoms with Gasteiger partial charge in [-0.3, -0.25) is 10.1 Å². The Bertz CT molecular complexity index is 602. The Balaban J connectivity index is 1.95. The average Bonchev–Trinajstić information content (AvgIpc) is 3.06. The Morgan fingerprint density at radius 3 is 3.00 bits per heavy atom. The predicted molar refractivity (Wildman–Crippen MR) is 75.4 cm³/mol. The number of aromatic nitrogens is 1. The van der Waals surface area contributed by atoms with Crippen LogP contribution in [-0.2, 0) is 9.53 Å². The van der Waals surface area contributed by atoms with E-state index in [1.807, 2.05) is 16.8 Å².